The van der Waals surface area contributed by atoms with Gasteiger partial charge in [-0.15, -0.1) is 0 Å². The van der Waals surface area contributed by atoms with E-state index in [1.54, 1.807) is 0 Å². The average Bonchev–Trinajstić information content (AvgIpc) is 1.35. The second-order valence-electron chi connectivity index (χ2n) is 0.682. The third kappa shape index (κ3) is 10.8. The molecule has 0 aromatic carbocycles. The summed E-state index contributed by atoms with van der Waals surface area (Å²) in [6.45, 7) is 2.79. The topological polar surface area (TPSA) is 54.4 Å². The molecular weight excluding hydrogens is 127 g/mol. The molecule has 0 amide bonds. The number of hydrogen-bond acceptors (Lipinski definition) is 2. The van der Waals surface area contributed by atoms with Crippen molar-refractivity contribution in [2.45, 2.75) is 0 Å². The monoisotopic (exact) mass is 131 g/mol. The minimum absolute atomic E-state index is 0. The minimum Gasteiger partial charge on any atom is -0.282 e. The molecule has 0 saturated carbocycles. The molecule has 1 radical (unpaired) electrons. The van der Waals surface area contributed by atoms with Gasteiger partial charge in [0.25, 0.3) is 10.1 Å². The SMILES string of the molecule is C=CS(=O)(=O)O.[Na]. The van der Waals surface area contributed by atoms with E-state index >= 15 is 0 Å². The van der Waals surface area contributed by atoms with E-state index in [0.29, 0.717) is 5.41 Å². The molecule has 5 heteroatoms. The molecule has 0 aliphatic heterocycles. The summed E-state index contributed by atoms with van der Waals surface area (Å²) >= 11 is 0. The average molecular weight is 131 g/mol. The molecule has 0 aromatic heterocycles. The van der Waals surface area contributed by atoms with Crippen LogP contribution in [-0.2, 0) is 10.1 Å². The van der Waals surface area contributed by atoms with Crippen LogP contribution in [0.3, 0.4) is 0 Å². The smallest absolute Gasteiger partial charge is 0.282 e. The van der Waals surface area contributed by atoms with Gasteiger partial charge >= 0.3 is 0 Å². The van der Waals surface area contributed by atoms with Crippen molar-refractivity contribution in [2.24, 2.45) is 0 Å². The summed E-state index contributed by atoms with van der Waals surface area (Å²) in [5.74, 6) is 0. The Morgan fingerprint density at radius 3 is 1.71 bits per heavy atom. The molecule has 0 aliphatic rings. The van der Waals surface area contributed by atoms with E-state index in [4.69, 9.17) is 4.55 Å². The first-order chi connectivity index (χ1) is 2.56. The van der Waals surface area contributed by atoms with Crippen molar-refractivity contribution in [3.05, 3.63) is 12.0 Å². The molecule has 0 rings (SSSR count). The molecule has 3 nitrogen and oxygen atoms in total. The van der Waals surface area contributed by atoms with Crippen LogP contribution in [0.2, 0.25) is 0 Å². The third-order valence-corrected chi connectivity index (χ3v) is 0.632. The molecule has 37 valence electrons. The first-order valence-electron chi connectivity index (χ1n) is 1.16. The van der Waals surface area contributed by atoms with Gasteiger partial charge in [0.15, 0.2) is 0 Å². The quantitative estimate of drug-likeness (QED) is 0.390. The van der Waals surface area contributed by atoms with Crippen molar-refractivity contribution in [1.82, 2.24) is 0 Å². The maximum absolute atomic E-state index is 9.44. The Bertz CT molecular complexity index is 123. The standard InChI is InChI=1S/C2H4O3S.Na/c1-2-6(3,4)5;/h2H,1H2,(H,3,4,5);. The number of rotatable bonds is 1. The van der Waals surface area contributed by atoms with E-state index in [1.807, 2.05) is 0 Å². The molecule has 0 aromatic rings. The largest absolute Gasteiger partial charge is 0.287 e. The Morgan fingerprint density at radius 1 is 1.57 bits per heavy atom. The van der Waals surface area contributed by atoms with Gasteiger partial charge in [-0.1, -0.05) is 6.58 Å². The van der Waals surface area contributed by atoms with E-state index in [-0.39, 0.29) is 29.6 Å². The number of hydrogen-bond donors (Lipinski definition) is 1. The van der Waals surface area contributed by atoms with Crippen LogP contribution in [0.25, 0.3) is 0 Å². The Kier molecular flexibility index (Phi) is 5.49. The van der Waals surface area contributed by atoms with Crippen LogP contribution in [0.5, 0.6) is 0 Å². The zero-order valence-corrected chi connectivity index (χ0v) is 6.77. The van der Waals surface area contributed by atoms with Crippen molar-refractivity contribution in [2.75, 3.05) is 0 Å². The van der Waals surface area contributed by atoms with Crippen LogP contribution in [0, 0.1) is 0 Å². The Morgan fingerprint density at radius 2 is 1.71 bits per heavy atom. The van der Waals surface area contributed by atoms with Gasteiger partial charge in [0.2, 0.25) is 0 Å². The maximum Gasteiger partial charge on any atom is 0.287 e. The van der Waals surface area contributed by atoms with Crippen LogP contribution < -0.4 is 0 Å². The molecule has 0 aliphatic carbocycles. The second kappa shape index (κ2) is 3.63. The zero-order chi connectivity index (χ0) is 5.21. The molecule has 0 fully saturated rings. The van der Waals surface area contributed by atoms with E-state index in [0.717, 1.165) is 0 Å². The van der Waals surface area contributed by atoms with Gasteiger partial charge in [-0.3, -0.25) is 4.55 Å². The summed E-state index contributed by atoms with van der Waals surface area (Å²) < 4.78 is 26.6. The van der Waals surface area contributed by atoms with Crippen LogP contribution in [0.4, 0.5) is 0 Å². The summed E-state index contributed by atoms with van der Waals surface area (Å²) in [5, 5.41) is 0.465. The predicted molar refractivity (Wildman–Crippen MR) is 27.5 cm³/mol. The van der Waals surface area contributed by atoms with Gasteiger partial charge in [-0.25, -0.2) is 0 Å². The van der Waals surface area contributed by atoms with E-state index in [9.17, 15) is 8.42 Å². The van der Waals surface area contributed by atoms with Crippen molar-refractivity contribution in [3.8, 4) is 0 Å². The van der Waals surface area contributed by atoms with Gasteiger partial charge in [0.05, 0.1) is 5.41 Å². The zero-order valence-electron chi connectivity index (χ0n) is 3.96. The van der Waals surface area contributed by atoms with Gasteiger partial charge in [-0.2, -0.15) is 8.42 Å². The Balaban J connectivity index is 0. The molecule has 0 spiro atoms. The fraction of sp³-hybridized carbons (Fsp3) is 0. The van der Waals surface area contributed by atoms with Crippen molar-refractivity contribution < 1.29 is 13.0 Å². The minimum atomic E-state index is -3.90. The van der Waals surface area contributed by atoms with E-state index < -0.39 is 10.1 Å². The maximum atomic E-state index is 9.44. The van der Waals surface area contributed by atoms with E-state index in [1.165, 1.54) is 0 Å². The molecular formula is C2H4NaO3S. The first kappa shape index (κ1) is 10.6. The molecule has 0 bridgehead atoms. The molecule has 0 saturated heterocycles. The molecule has 0 unspecified atom stereocenters. The summed E-state index contributed by atoms with van der Waals surface area (Å²) in [4.78, 5) is 0. The Hall–Kier alpha value is 0.650. The molecule has 0 heterocycles. The first-order valence-corrected chi connectivity index (χ1v) is 2.66. The molecule has 1 N–H and O–H groups in total. The summed E-state index contributed by atoms with van der Waals surface area (Å²) in [7, 11) is -3.90. The van der Waals surface area contributed by atoms with Crippen LogP contribution >= 0.6 is 0 Å². The van der Waals surface area contributed by atoms with Crippen molar-refractivity contribution >= 4 is 39.7 Å². The normalized spacial score (nSPS) is 9.29. The van der Waals surface area contributed by atoms with Crippen molar-refractivity contribution in [1.29, 1.82) is 0 Å². The van der Waals surface area contributed by atoms with Crippen LogP contribution in [0.15, 0.2) is 12.0 Å². The molecule has 7 heavy (non-hydrogen) atoms. The van der Waals surface area contributed by atoms with Crippen LogP contribution in [0.1, 0.15) is 0 Å². The van der Waals surface area contributed by atoms with Gasteiger partial charge in [-0.05, 0) is 0 Å². The summed E-state index contributed by atoms with van der Waals surface area (Å²) in [5.41, 5.74) is 0. The van der Waals surface area contributed by atoms with Gasteiger partial charge in [0, 0.05) is 29.6 Å². The van der Waals surface area contributed by atoms with Crippen molar-refractivity contribution in [3.63, 3.8) is 0 Å². The van der Waals surface area contributed by atoms with E-state index in [2.05, 4.69) is 6.58 Å². The fourth-order valence-corrected chi connectivity index (χ4v) is 0. The summed E-state index contributed by atoms with van der Waals surface area (Å²) in [6, 6.07) is 0. The predicted octanol–water partition coefficient (Wildman–Crippen LogP) is -0.363. The third-order valence-electron chi connectivity index (χ3n) is 0.211. The summed E-state index contributed by atoms with van der Waals surface area (Å²) in [6.07, 6.45) is 0. The second-order valence-corrected chi connectivity index (χ2v) is 2.04. The van der Waals surface area contributed by atoms with Gasteiger partial charge < -0.3 is 0 Å². The fourth-order valence-electron chi connectivity index (χ4n) is 0. The van der Waals surface area contributed by atoms with Gasteiger partial charge in [0.1, 0.15) is 0 Å². The Labute approximate surface area is 64.5 Å². The molecule has 0 atom stereocenters. The van der Waals surface area contributed by atoms with Crippen LogP contribution in [-0.4, -0.2) is 42.5 Å².